The molecule has 0 aliphatic heterocycles. The average molecular weight is 262 g/mol. The smallest absolute Gasteiger partial charge is 0.323 e. The maximum Gasteiger partial charge on any atom is 0.323 e. The summed E-state index contributed by atoms with van der Waals surface area (Å²) in [5.41, 5.74) is 0. The van der Waals surface area contributed by atoms with Crippen LogP contribution in [0.25, 0.3) is 0 Å². The number of hydrogen-bond donors (Lipinski definition) is 1. The van der Waals surface area contributed by atoms with E-state index in [1.165, 1.54) is 18.4 Å². The first-order valence-corrected chi connectivity index (χ1v) is 6.29. The molecule has 16 heavy (non-hydrogen) atoms. The topological polar surface area (TPSA) is 38.3 Å². The summed E-state index contributed by atoms with van der Waals surface area (Å²) >= 11 is 7.34. The molecule has 0 saturated heterocycles. The summed E-state index contributed by atoms with van der Waals surface area (Å²) in [6, 6.07) is 3.53. The van der Waals surface area contributed by atoms with Gasteiger partial charge in [-0.2, -0.15) is 0 Å². The third-order valence-corrected chi connectivity index (χ3v) is 3.48. The molecule has 0 amide bonds. The van der Waals surface area contributed by atoms with Gasteiger partial charge in [0.2, 0.25) is 0 Å². The Balaban J connectivity index is 2.53. The lowest BCUT2D eigenvalue weighted by Crippen LogP contribution is -2.41. The fourth-order valence-electron chi connectivity index (χ4n) is 1.38. The molecule has 0 aliphatic carbocycles. The number of esters is 1. The summed E-state index contributed by atoms with van der Waals surface area (Å²) in [6.45, 7) is 4.60. The number of nitrogens with one attached hydrogen (secondary N) is 1. The van der Waals surface area contributed by atoms with Gasteiger partial charge in [-0.15, -0.1) is 11.3 Å². The molecule has 90 valence electrons. The van der Waals surface area contributed by atoms with Crippen molar-refractivity contribution in [3.63, 3.8) is 0 Å². The summed E-state index contributed by atoms with van der Waals surface area (Å²) in [7, 11) is 1.40. The highest BCUT2D eigenvalue weighted by molar-refractivity contribution is 7.16. The van der Waals surface area contributed by atoms with Gasteiger partial charge in [0.15, 0.2) is 0 Å². The second-order valence-corrected chi connectivity index (χ2v) is 5.63. The van der Waals surface area contributed by atoms with Crippen molar-refractivity contribution in [3.05, 3.63) is 21.3 Å². The second-order valence-electron chi connectivity index (χ2n) is 3.83. The van der Waals surface area contributed by atoms with E-state index in [4.69, 9.17) is 16.3 Å². The molecule has 0 bridgehead atoms. The van der Waals surface area contributed by atoms with E-state index >= 15 is 0 Å². The summed E-state index contributed by atoms with van der Waals surface area (Å²) in [4.78, 5) is 12.6. The number of ether oxygens (including phenoxy) is 1. The Morgan fingerprint density at radius 2 is 2.25 bits per heavy atom. The van der Waals surface area contributed by atoms with Crippen molar-refractivity contribution in [2.24, 2.45) is 5.92 Å². The third-order valence-electron chi connectivity index (χ3n) is 2.25. The van der Waals surface area contributed by atoms with Crippen LogP contribution in [-0.2, 0) is 16.1 Å². The Morgan fingerprint density at radius 1 is 1.56 bits per heavy atom. The van der Waals surface area contributed by atoms with E-state index in [-0.39, 0.29) is 17.9 Å². The molecule has 0 fully saturated rings. The van der Waals surface area contributed by atoms with Crippen LogP contribution < -0.4 is 5.32 Å². The SMILES string of the molecule is COC(=O)C(NCc1ccc(Cl)s1)C(C)C. The number of methoxy groups -OCH3 is 1. The van der Waals surface area contributed by atoms with Crippen LogP contribution in [0.3, 0.4) is 0 Å². The number of hydrogen-bond acceptors (Lipinski definition) is 4. The van der Waals surface area contributed by atoms with Crippen LogP contribution in [-0.4, -0.2) is 19.1 Å². The number of carbonyl (C=O) groups is 1. The van der Waals surface area contributed by atoms with E-state index in [0.29, 0.717) is 6.54 Å². The van der Waals surface area contributed by atoms with E-state index in [9.17, 15) is 4.79 Å². The lowest BCUT2D eigenvalue weighted by atomic mass is 10.0. The maximum absolute atomic E-state index is 11.5. The second kappa shape index (κ2) is 6.23. The van der Waals surface area contributed by atoms with Crippen molar-refractivity contribution >= 4 is 28.9 Å². The molecule has 1 N–H and O–H groups in total. The van der Waals surface area contributed by atoms with E-state index in [1.807, 2.05) is 26.0 Å². The van der Waals surface area contributed by atoms with Gasteiger partial charge in [0.25, 0.3) is 0 Å². The monoisotopic (exact) mass is 261 g/mol. The number of thiophene rings is 1. The highest BCUT2D eigenvalue weighted by atomic mass is 35.5. The van der Waals surface area contributed by atoms with Crippen molar-refractivity contribution in [1.29, 1.82) is 0 Å². The van der Waals surface area contributed by atoms with Crippen LogP contribution >= 0.6 is 22.9 Å². The highest BCUT2D eigenvalue weighted by Gasteiger charge is 2.22. The standard InChI is InChI=1S/C11H16ClNO2S/c1-7(2)10(11(14)15-3)13-6-8-4-5-9(12)16-8/h4-5,7,10,13H,6H2,1-3H3. The van der Waals surface area contributed by atoms with Crippen LogP contribution in [0.15, 0.2) is 12.1 Å². The van der Waals surface area contributed by atoms with Crippen LogP contribution in [0.5, 0.6) is 0 Å². The number of carbonyl (C=O) groups excluding carboxylic acids is 1. The molecule has 1 heterocycles. The highest BCUT2D eigenvalue weighted by Crippen LogP contribution is 2.21. The van der Waals surface area contributed by atoms with Crippen LogP contribution in [0.4, 0.5) is 0 Å². The Hall–Kier alpha value is -0.580. The van der Waals surface area contributed by atoms with E-state index in [1.54, 1.807) is 0 Å². The summed E-state index contributed by atoms with van der Waals surface area (Å²) < 4.78 is 5.50. The lowest BCUT2D eigenvalue weighted by molar-refractivity contribution is -0.144. The van der Waals surface area contributed by atoms with Crippen molar-refractivity contribution in [2.45, 2.75) is 26.4 Å². The molecule has 1 aromatic rings. The summed E-state index contributed by atoms with van der Waals surface area (Å²) in [5.74, 6) is -0.0273. The molecular weight excluding hydrogens is 246 g/mol. The van der Waals surface area contributed by atoms with Gasteiger partial charge in [-0.3, -0.25) is 10.1 Å². The first kappa shape index (κ1) is 13.5. The molecule has 1 aromatic heterocycles. The first-order chi connectivity index (χ1) is 7.54. The fraction of sp³-hybridized carbons (Fsp3) is 0.545. The Bertz CT molecular complexity index is 352. The van der Waals surface area contributed by atoms with Gasteiger partial charge in [-0.1, -0.05) is 25.4 Å². The molecular formula is C11H16ClNO2S. The summed E-state index contributed by atoms with van der Waals surface area (Å²) in [5, 5.41) is 3.18. The van der Waals surface area contributed by atoms with Crippen molar-refractivity contribution < 1.29 is 9.53 Å². The molecule has 0 radical (unpaired) electrons. The maximum atomic E-state index is 11.5. The predicted octanol–water partition coefficient (Wildman–Crippen LogP) is 2.69. The van der Waals surface area contributed by atoms with E-state index < -0.39 is 0 Å². The van der Waals surface area contributed by atoms with E-state index in [2.05, 4.69) is 5.32 Å². The fourth-order valence-corrected chi connectivity index (χ4v) is 2.41. The molecule has 3 nitrogen and oxygen atoms in total. The Labute approximate surface area is 105 Å². The van der Waals surface area contributed by atoms with Crippen molar-refractivity contribution in [2.75, 3.05) is 7.11 Å². The largest absolute Gasteiger partial charge is 0.468 e. The minimum atomic E-state index is -0.272. The zero-order valence-corrected chi connectivity index (χ0v) is 11.2. The van der Waals surface area contributed by atoms with Crippen LogP contribution in [0.1, 0.15) is 18.7 Å². The van der Waals surface area contributed by atoms with Gasteiger partial charge in [-0.25, -0.2) is 0 Å². The minimum Gasteiger partial charge on any atom is -0.468 e. The number of rotatable bonds is 5. The Kier molecular flexibility index (Phi) is 5.25. The van der Waals surface area contributed by atoms with Crippen molar-refractivity contribution in [1.82, 2.24) is 5.32 Å². The molecule has 0 aromatic carbocycles. The zero-order valence-electron chi connectivity index (χ0n) is 9.62. The minimum absolute atomic E-state index is 0.197. The molecule has 1 atom stereocenters. The zero-order chi connectivity index (χ0) is 12.1. The predicted molar refractivity (Wildman–Crippen MR) is 66.8 cm³/mol. The van der Waals surface area contributed by atoms with Crippen LogP contribution in [0, 0.1) is 5.92 Å². The molecule has 5 heteroatoms. The number of halogens is 1. The quantitative estimate of drug-likeness (QED) is 0.829. The molecule has 1 unspecified atom stereocenters. The Morgan fingerprint density at radius 3 is 2.69 bits per heavy atom. The van der Waals surface area contributed by atoms with Crippen LogP contribution in [0.2, 0.25) is 4.34 Å². The van der Waals surface area contributed by atoms with Gasteiger partial charge >= 0.3 is 5.97 Å². The van der Waals surface area contributed by atoms with Crippen molar-refractivity contribution in [3.8, 4) is 0 Å². The normalized spacial score (nSPS) is 12.8. The van der Waals surface area contributed by atoms with Gasteiger partial charge in [-0.05, 0) is 18.1 Å². The van der Waals surface area contributed by atoms with E-state index in [0.717, 1.165) is 9.21 Å². The average Bonchev–Trinajstić information content (AvgIpc) is 2.63. The lowest BCUT2D eigenvalue weighted by Gasteiger charge is -2.19. The van der Waals surface area contributed by atoms with Gasteiger partial charge in [0.05, 0.1) is 11.4 Å². The summed E-state index contributed by atoms with van der Waals surface area (Å²) in [6.07, 6.45) is 0. The molecule has 0 saturated carbocycles. The third kappa shape index (κ3) is 3.77. The first-order valence-electron chi connectivity index (χ1n) is 5.10. The van der Waals surface area contributed by atoms with Gasteiger partial charge in [0.1, 0.15) is 6.04 Å². The molecule has 0 aliphatic rings. The molecule has 1 rings (SSSR count). The van der Waals surface area contributed by atoms with Gasteiger partial charge < -0.3 is 4.74 Å². The molecule has 0 spiro atoms. The van der Waals surface area contributed by atoms with Gasteiger partial charge in [0, 0.05) is 11.4 Å².